The molecule has 1 amide bonds. The highest BCUT2D eigenvalue weighted by Crippen LogP contribution is 2.18. The van der Waals surface area contributed by atoms with Crippen LogP contribution in [0.5, 0.6) is 0 Å². The first-order chi connectivity index (χ1) is 8.69. The maximum atomic E-state index is 11.3. The summed E-state index contributed by atoms with van der Waals surface area (Å²) in [4.78, 5) is 13.7. The van der Waals surface area contributed by atoms with Crippen molar-refractivity contribution in [2.75, 3.05) is 19.0 Å². The summed E-state index contributed by atoms with van der Waals surface area (Å²) in [5.41, 5.74) is 1.31. The molecule has 18 heavy (non-hydrogen) atoms. The van der Waals surface area contributed by atoms with Crippen LogP contribution >= 0.6 is 11.6 Å². The van der Waals surface area contributed by atoms with E-state index in [1.54, 1.807) is 0 Å². The lowest BCUT2D eigenvalue weighted by atomic mass is 10.1. The fourth-order valence-corrected chi connectivity index (χ4v) is 2.55. The number of nitrogens with zero attached hydrogens (tertiary/aromatic N) is 1. The van der Waals surface area contributed by atoms with Gasteiger partial charge in [0.15, 0.2) is 0 Å². The van der Waals surface area contributed by atoms with Crippen molar-refractivity contribution in [2.45, 2.75) is 19.5 Å². The first-order valence-electron chi connectivity index (χ1n) is 6.30. The third-order valence-electron chi connectivity index (χ3n) is 3.40. The van der Waals surface area contributed by atoms with Crippen LogP contribution in [-0.2, 0) is 11.3 Å². The number of amides is 1. The molecule has 4 heteroatoms. The van der Waals surface area contributed by atoms with Crippen LogP contribution in [0.15, 0.2) is 30.3 Å². The van der Waals surface area contributed by atoms with E-state index in [4.69, 9.17) is 11.6 Å². The number of hydrogen-bond donors (Lipinski definition) is 1. The Morgan fingerprint density at radius 3 is 2.78 bits per heavy atom. The minimum Gasteiger partial charge on any atom is -0.351 e. The van der Waals surface area contributed by atoms with Crippen molar-refractivity contribution in [3.63, 3.8) is 0 Å². The summed E-state index contributed by atoms with van der Waals surface area (Å²) in [5.74, 6) is 0.443. The maximum Gasteiger partial charge on any atom is 0.235 e. The summed E-state index contributed by atoms with van der Waals surface area (Å²) >= 11 is 5.52. The number of likely N-dealkylation sites (tertiary alicyclic amines) is 1. The molecule has 1 aromatic carbocycles. The van der Waals surface area contributed by atoms with Crippen molar-refractivity contribution in [1.29, 1.82) is 0 Å². The lowest BCUT2D eigenvalue weighted by Gasteiger charge is -2.16. The molecular weight excluding hydrogens is 248 g/mol. The molecule has 0 saturated carbocycles. The van der Waals surface area contributed by atoms with E-state index in [1.807, 2.05) is 6.07 Å². The molecule has 1 N–H and O–H groups in total. The second-order valence-electron chi connectivity index (χ2n) is 4.96. The zero-order chi connectivity index (χ0) is 13.0. The van der Waals surface area contributed by atoms with Crippen molar-refractivity contribution in [2.24, 2.45) is 5.92 Å². The van der Waals surface area contributed by atoms with Gasteiger partial charge in [-0.15, -0.1) is 11.6 Å². The molecule has 0 bridgehead atoms. The minimum atomic E-state index is -0.0740. The molecule has 98 valence electrons. The van der Waals surface area contributed by atoms with Crippen LogP contribution in [0, 0.1) is 5.92 Å². The average molecular weight is 267 g/mol. The quantitative estimate of drug-likeness (QED) is 0.844. The number of halogens is 1. The van der Waals surface area contributed by atoms with Gasteiger partial charge in [0, 0.05) is 25.7 Å². The Morgan fingerprint density at radius 2 is 2.11 bits per heavy atom. The zero-order valence-corrected chi connectivity index (χ0v) is 11.4. The molecule has 1 aliphatic rings. The molecule has 0 spiro atoms. The lowest BCUT2D eigenvalue weighted by Crippen LogP contribution is -2.40. The fourth-order valence-electron chi connectivity index (χ4n) is 2.47. The normalized spacial score (nSPS) is 24.1. The first-order valence-corrected chi connectivity index (χ1v) is 6.84. The number of carbonyl (C=O) groups is 1. The molecule has 1 fully saturated rings. The van der Waals surface area contributed by atoms with Crippen LogP contribution in [-0.4, -0.2) is 35.8 Å². The Kier molecular flexibility index (Phi) is 4.61. The zero-order valence-electron chi connectivity index (χ0n) is 10.6. The predicted octanol–water partition coefficient (Wildman–Crippen LogP) is 1.86. The van der Waals surface area contributed by atoms with Gasteiger partial charge < -0.3 is 5.32 Å². The molecule has 1 aromatic rings. The van der Waals surface area contributed by atoms with Crippen LogP contribution in [0.4, 0.5) is 0 Å². The molecule has 1 saturated heterocycles. The Balaban J connectivity index is 1.88. The predicted molar refractivity (Wildman–Crippen MR) is 73.5 cm³/mol. The monoisotopic (exact) mass is 266 g/mol. The van der Waals surface area contributed by atoms with Crippen molar-refractivity contribution in [1.82, 2.24) is 10.2 Å². The van der Waals surface area contributed by atoms with Gasteiger partial charge >= 0.3 is 0 Å². The first kappa shape index (κ1) is 13.4. The van der Waals surface area contributed by atoms with Gasteiger partial charge in [0.25, 0.3) is 0 Å². The number of nitrogens with one attached hydrogen (secondary N) is 1. The second kappa shape index (κ2) is 6.21. The van der Waals surface area contributed by atoms with Gasteiger partial charge in [0.2, 0.25) is 5.91 Å². The Morgan fingerprint density at radius 1 is 1.39 bits per heavy atom. The van der Waals surface area contributed by atoms with Gasteiger partial charge in [0.05, 0.1) is 0 Å². The summed E-state index contributed by atoms with van der Waals surface area (Å²) in [6, 6.07) is 10.6. The van der Waals surface area contributed by atoms with Crippen LogP contribution < -0.4 is 5.32 Å². The standard InChI is InChI=1S/C14H19ClN2O/c1-11-8-17(9-12-5-3-2-4-6-12)10-13(11)16-14(18)7-15/h2-6,11,13H,7-10H2,1H3,(H,16,18). The molecule has 3 nitrogen and oxygen atoms in total. The third kappa shape index (κ3) is 3.47. The van der Waals surface area contributed by atoms with Crippen LogP contribution in [0.3, 0.4) is 0 Å². The van der Waals surface area contributed by atoms with Crippen molar-refractivity contribution < 1.29 is 4.79 Å². The van der Waals surface area contributed by atoms with Crippen LogP contribution in [0.2, 0.25) is 0 Å². The van der Waals surface area contributed by atoms with Gasteiger partial charge in [0.1, 0.15) is 5.88 Å². The van der Waals surface area contributed by atoms with E-state index in [-0.39, 0.29) is 17.8 Å². The second-order valence-corrected chi connectivity index (χ2v) is 5.23. The summed E-state index contributed by atoms with van der Waals surface area (Å²) in [5, 5.41) is 2.98. The van der Waals surface area contributed by atoms with Crippen molar-refractivity contribution >= 4 is 17.5 Å². The van der Waals surface area contributed by atoms with Crippen LogP contribution in [0.25, 0.3) is 0 Å². The molecular formula is C14H19ClN2O. The number of hydrogen-bond acceptors (Lipinski definition) is 2. The fraction of sp³-hybridized carbons (Fsp3) is 0.500. The van der Waals surface area contributed by atoms with E-state index in [0.29, 0.717) is 5.92 Å². The third-order valence-corrected chi connectivity index (χ3v) is 3.65. The Bertz CT molecular complexity index is 396. The number of rotatable bonds is 4. The van der Waals surface area contributed by atoms with E-state index in [1.165, 1.54) is 5.56 Å². The van der Waals surface area contributed by atoms with Gasteiger partial charge in [-0.25, -0.2) is 0 Å². The van der Waals surface area contributed by atoms with Gasteiger partial charge in [-0.05, 0) is 11.5 Å². The van der Waals surface area contributed by atoms with E-state index >= 15 is 0 Å². The van der Waals surface area contributed by atoms with Crippen LogP contribution in [0.1, 0.15) is 12.5 Å². The van der Waals surface area contributed by atoms with Gasteiger partial charge in [-0.1, -0.05) is 37.3 Å². The summed E-state index contributed by atoms with van der Waals surface area (Å²) in [6.45, 7) is 5.03. The molecule has 2 atom stereocenters. The largest absolute Gasteiger partial charge is 0.351 e. The van der Waals surface area contributed by atoms with Crippen molar-refractivity contribution in [3.05, 3.63) is 35.9 Å². The topological polar surface area (TPSA) is 32.3 Å². The lowest BCUT2D eigenvalue weighted by molar-refractivity contribution is -0.119. The summed E-state index contributed by atoms with van der Waals surface area (Å²) < 4.78 is 0. The Hall–Kier alpha value is -1.06. The van der Waals surface area contributed by atoms with Gasteiger partial charge in [-0.2, -0.15) is 0 Å². The smallest absolute Gasteiger partial charge is 0.235 e. The highest BCUT2D eigenvalue weighted by atomic mass is 35.5. The highest BCUT2D eigenvalue weighted by Gasteiger charge is 2.30. The molecule has 0 radical (unpaired) electrons. The van der Waals surface area contributed by atoms with E-state index in [0.717, 1.165) is 19.6 Å². The SMILES string of the molecule is CC1CN(Cc2ccccc2)CC1NC(=O)CCl. The molecule has 1 aliphatic heterocycles. The number of carbonyl (C=O) groups excluding carboxylic acids is 1. The van der Waals surface area contributed by atoms with Gasteiger partial charge in [-0.3, -0.25) is 9.69 Å². The molecule has 0 aromatic heterocycles. The van der Waals surface area contributed by atoms with E-state index < -0.39 is 0 Å². The minimum absolute atomic E-state index is 0.0436. The number of benzene rings is 1. The number of alkyl halides is 1. The summed E-state index contributed by atoms with van der Waals surface area (Å²) in [7, 11) is 0. The molecule has 2 rings (SSSR count). The van der Waals surface area contributed by atoms with E-state index in [2.05, 4.69) is 41.4 Å². The molecule has 2 unspecified atom stereocenters. The van der Waals surface area contributed by atoms with Crippen molar-refractivity contribution in [3.8, 4) is 0 Å². The molecule has 1 heterocycles. The van der Waals surface area contributed by atoms with E-state index in [9.17, 15) is 4.79 Å². The Labute approximate surface area is 113 Å². The maximum absolute atomic E-state index is 11.3. The highest BCUT2D eigenvalue weighted by molar-refractivity contribution is 6.27. The average Bonchev–Trinajstić information content (AvgIpc) is 2.70. The summed E-state index contributed by atoms with van der Waals surface area (Å²) in [6.07, 6.45) is 0. The molecule has 0 aliphatic carbocycles.